The van der Waals surface area contributed by atoms with Gasteiger partial charge in [0, 0.05) is 18.6 Å². The molecule has 2 aromatic carbocycles. The van der Waals surface area contributed by atoms with Crippen LogP contribution in [0.1, 0.15) is 33.6 Å². The van der Waals surface area contributed by atoms with Gasteiger partial charge in [0.25, 0.3) is 6.08 Å². The summed E-state index contributed by atoms with van der Waals surface area (Å²) in [6.45, 7) is 0. The molecule has 2 atom stereocenters. The Bertz CT molecular complexity index is 636. The lowest BCUT2D eigenvalue weighted by atomic mass is 9.99. The molecule has 0 N–H and O–H groups in total. The van der Waals surface area contributed by atoms with Crippen molar-refractivity contribution < 1.29 is 8.78 Å². The molecule has 0 bridgehead atoms. The second kappa shape index (κ2) is 9.60. The van der Waals surface area contributed by atoms with Crippen molar-refractivity contribution in [3.05, 3.63) is 80.3 Å². The molecule has 0 aliphatic rings. The minimum Gasteiger partial charge on any atom is -0.173 e. The smallest absolute Gasteiger partial charge is 0.173 e. The van der Waals surface area contributed by atoms with Crippen LogP contribution in [0.15, 0.2) is 69.1 Å². The van der Waals surface area contributed by atoms with Gasteiger partial charge >= 0.3 is 0 Å². The maximum Gasteiger partial charge on any atom is 0.269 e. The van der Waals surface area contributed by atoms with Crippen LogP contribution >= 0.6 is 63.7 Å². The van der Waals surface area contributed by atoms with Crippen molar-refractivity contribution in [2.24, 2.45) is 0 Å². The number of halogens is 6. The molecule has 0 aliphatic carbocycles. The van der Waals surface area contributed by atoms with Gasteiger partial charge in [-0.15, -0.1) is 0 Å². The monoisotopic (exact) mass is 584 g/mol. The minimum atomic E-state index is -1.60. The zero-order valence-electron chi connectivity index (χ0n) is 12.5. The van der Waals surface area contributed by atoms with Gasteiger partial charge in [-0.1, -0.05) is 88.0 Å². The summed E-state index contributed by atoms with van der Waals surface area (Å²) in [4.78, 5) is -0.293. The van der Waals surface area contributed by atoms with E-state index in [4.69, 9.17) is 0 Å². The highest BCUT2D eigenvalue weighted by Crippen LogP contribution is 2.38. The molecule has 0 saturated carbocycles. The van der Waals surface area contributed by atoms with Gasteiger partial charge in [0.1, 0.15) is 0 Å². The molecule has 0 saturated heterocycles. The summed E-state index contributed by atoms with van der Waals surface area (Å²) in [5, 5.41) is 0. The summed E-state index contributed by atoms with van der Waals surface area (Å²) in [6.07, 6.45) is -1.07. The van der Waals surface area contributed by atoms with Crippen LogP contribution in [-0.2, 0) is 0 Å². The molecule has 128 valence electrons. The molecule has 0 heterocycles. The lowest BCUT2D eigenvalue weighted by Gasteiger charge is -2.16. The quantitative estimate of drug-likeness (QED) is 0.297. The molecule has 24 heavy (non-hydrogen) atoms. The molecular weight excluding hydrogens is 574 g/mol. The summed E-state index contributed by atoms with van der Waals surface area (Å²) in [5.74, 6) is 0. The summed E-state index contributed by atoms with van der Waals surface area (Å²) in [7, 11) is 0. The number of allylic oxidation sites excluding steroid dienone is 1. The van der Waals surface area contributed by atoms with E-state index < -0.39 is 6.08 Å². The van der Waals surface area contributed by atoms with Crippen molar-refractivity contribution in [3.8, 4) is 0 Å². The molecule has 0 amide bonds. The Hall–Kier alpha value is -0.0400. The molecule has 2 rings (SSSR count). The van der Waals surface area contributed by atoms with E-state index in [0.717, 1.165) is 20.1 Å². The third-order valence-corrected chi connectivity index (χ3v) is 6.34. The Labute approximate surface area is 174 Å². The Kier molecular flexibility index (Phi) is 8.11. The fraction of sp³-hybridized carbons (Fsp3) is 0.222. The number of alkyl halides is 2. The van der Waals surface area contributed by atoms with E-state index in [1.54, 1.807) is 0 Å². The van der Waals surface area contributed by atoms with Gasteiger partial charge in [-0.05, 0) is 53.8 Å². The third-order valence-electron chi connectivity index (χ3n) is 3.58. The van der Waals surface area contributed by atoms with Gasteiger partial charge in [-0.2, -0.15) is 8.78 Å². The van der Waals surface area contributed by atoms with Crippen molar-refractivity contribution in [3.63, 3.8) is 0 Å². The van der Waals surface area contributed by atoms with E-state index in [2.05, 4.69) is 63.7 Å². The Morgan fingerprint density at radius 3 is 1.33 bits per heavy atom. The first kappa shape index (κ1) is 20.3. The Balaban J connectivity index is 2.08. The van der Waals surface area contributed by atoms with Crippen LogP contribution in [0.2, 0.25) is 0 Å². The average molecular weight is 588 g/mol. The van der Waals surface area contributed by atoms with E-state index in [9.17, 15) is 8.78 Å². The van der Waals surface area contributed by atoms with Crippen molar-refractivity contribution in [2.45, 2.75) is 22.5 Å². The number of hydrogen-bond acceptors (Lipinski definition) is 0. The first-order valence-corrected chi connectivity index (χ1v) is 10.6. The highest BCUT2D eigenvalue weighted by atomic mass is 79.9. The summed E-state index contributed by atoms with van der Waals surface area (Å²) in [5.41, 5.74) is 2.11. The molecule has 2 aromatic rings. The normalized spacial score (nSPS) is 13.4. The SMILES string of the molecule is FC(F)=C(CC(Br)c1ccc(Br)cc1)CC(Br)c1ccc(Br)cc1. The largest absolute Gasteiger partial charge is 0.269 e. The van der Waals surface area contributed by atoms with Crippen LogP contribution in [0.5, 0.6) is 0 Å². The lowest BCUT2D eigenvalue weighted by Crippen LogP contribution is -1.99. The topological polar surface area (TPSA) is 0 Å². The summed E-state index contributed by atoms with van der Waals surface area (Å²) in [6, 6.07) is 15.4. The maximum absolute atomic E-state index is 13.4. The van der Waals surface area contributed by atoms with Gasteiger partial charge in [0.2, 0.25) is 0 Å². The highest BCUT2D eigenvalue weighted by Gasteiger charge is 2.18. The van der Waals surface area contributed by atoms with Crippen molar-refractivity contribution >= 4 is 63.7 Å². The second-order valence-corrected chi connectivity index (χ2v) is 9.35. The first-order valence-electron chi connectivity index (χ1n) is 7.19. The molecule has 0 fully saturated rings. The van der Waals surface area contributed by atoms with E-state index in [1.165, 1.54) is 0 Å². The number of rotatable bonds is 6. The second-order valence-electron chi connectivity index (χ2n) is 5.31. The van der Waals surface area contributed by atoms with Gasteiger partial charge in [0.05, 0.1) is 0 Å². The molecule has 0 nitrogen and oxygen atoms in total. The minimum absolute atomic E-state index is 0.147. The van der Waals surface area contributed by atoms with Gasteiger partial charge in [0.15, 0.2) is 0 Å². The zero-order valence-corrected chi connectivity index (χ0v) is 18.8. The molecule has 0 aliphatic heterocycles. The van der Waals surface area contributed by atoms with Crippen LogP contribution in [-0.4, -0.2) is 0 Å². The predicted molar refractivity (Wildman–Crippen MR) is 110 cm³/mol. The molecule has 0 spiro atoms. The van der Waals surface area contributed by atoms with Crippen LogP contribution < -0.4 is 0 Å². The number of hydrogen-bond donors (Lipinski definition) is 0. The molecular formula is C18H14Br4F2. The highest BCUT2D eigenvalue weighted by molar-refractivity contribution is 9.11. The predicted octanol–water partition coefficient (Wildman–Crippen LogP) is 8.71. The van der Waals surface area contributed by atoms with Crippen LogP contribution in [0.25, 0.3) is 0 Å². The number of benzene rings is 2. The molecule has 0 aromatic heterocycles. The van der Waals surface area contributed by atoms with Crippen molar-refractivity contribution in [1.82, 2.24) is 0 Å². The van der Waals surface area contributed by atoms with E-state index in [1.807, 2.05) is 48.5 Å². The first-order chi connectivity index (χ1) is 11.4. The van der Waals surface area contributed by atoms with Crippen LogP contribution in [0.3, 0.4) is 0 Å². The summed E-state index contributed by atoms with van der Waals surface area (Å²) >= 11 is 13.8. The molecule has 2 unspecified atom stereocenters. The lowest BCUT2D eigenvalue weighted by molar-refractivity contribution is 0.403. The van der Waals surface area contributed by atoms with Crippen molar-refractivity contribution in [1.29, 1.82) is 0 Å². The van der Waals surface area contributed by atoms with Gasteiger partial charge < -0.3 is 0 Å². The third kappa shape index (κ3) is 6.04. The Morgan fingerprint density at radius 2 is 1.04 bits per heavy atom. The van der Waals surface area contributed by atoms with Crippen LogP contribution in [0.4, 0.5) is 8.78 Å². The fourth-order valence-electron chi connectivity index (χ4n) is 2.25. The van der Waals surface area contributed by atoms with Gasteiger partial charge in [-0.25, -0.2) is 0 Å². The fourth-order valence-corrected chi connectivity index (χ4v) is 4.17. The van der Waals surface area contributed by atoms with Crippen molar-refractivity contribution in [2.75, 3.05) is 0 Å². The summed E-state index contributed by atoms with van der Waals surface area (Å²) < 4.78 is 28.7. The average Bonchev–Trinajstić information content (AvgIpc) is 2.55. The van der Waals surface area contributed by atoms with Crippen LogP contribution in [0, 0.1) is 0 Å². The van der Waals surface area contributed by atoms with Gasteiger partial charge in [-0.3, -0.25) is 0 Å². The Morgan fingerprint density at radius 1 is 0.708 bits per heavy atom. The van der Waals surface area contributed by atoms with E-state index in [0.29, 0.717) is 0 Å². The molecule has 6 heteroatoms. The van der Waals surface area contributed by atoms with E-state index in [-0.39, 0.29) is 28.1 Å². The molecule has 0 radical (unpaired) electrons. The standard InChI is InChI=1S/C18H14Br4F2/c19-14-5-1-11(2-6-14)16(21)9-13(18(23)24)10-17(22)12-3-7-15(20)8-4-12/h1-8,16-17H,9-10H2. The maximum atomic E-state index is 13.4. The zero-order chi connectivity index (χ0) is 17.7. The van der Waals surface area contributed by atoms with E-state index >= 15 is 0 Å².